The van der Waals surface area contributed by atoms with E-state index in [0.717, 1.165) is 23.8 Å². The van der Waals surface area contributed by atoms with Crippen LogP contribution in [0.5, 0.6) is 11.5 Å². The third kappa shape index (κ3) is 7.83. The average molecular weight is 611 g/mol. The van der Waals surface area contributed by atoms with Gasteiger partial charge in [0.2, 0.25) is 0 Å². The highest BCUT2D eigenvalue weighted by atomic mass is 31.1. The smallest absolute Gasteiger partial charge is 0.127 e. The molecular weight excluding hydrogens is 574 g/mol. The van der Waals surface area contributed by atoms with Crippen molar-refractivity contribution in [3.63, 3.8) is 0 Å². The lowest BCUT2D eigenvalue weighted by molar-refractivity contribution is 0.309. The molecule has 44 heavy (non-hydrogen) atoms. The van der Waals surface area contributed by atoms with Crippen molar-refractivity contribution in [2.75, 3.05) is 12.3 Å². The van der Waals surface area contributed by atoms with Gasteiger partial charge in [0.05, 0.1) is 0 Å². The Labute approximate surface area is 263 Å². The Morgan fingerprint density at radius 1 is 0.341 bits per heavy atom. The minimum Gasteiger partial charge on any atom is -0.488 e. The second-order valence-electron chi connectivity index (χ2n) is 10.5. The van der Waals surface area contributed by atoms with E-state index >= 15 is 0 Å². The second kappa shape index (κ2) is 15.5. The van der Waals surface area contributed by atoms with E-state index in [1.165, 1.54) is 32.3 Å². The topological polar surface area (TPSA) is 18.5 Å². The molecule has 2 nitrogen and oxygen atoms in total. The van der Waals surface area contributed by atoms with Crippen molar-refractivity contribution >= 4 is 37.1 Å². The van der Waals surface area contributed by atoms with Gasteiger partial charge in [-0.2, -0.15) is 0 Å². The molecule has 0 aliphatic rings. The molecule has 0 amide bonds. The lowest BCUT2D eigenvalue weighted by atomic mass is 10.2. The predicted molar refractivity (Wildman–Crippen MR) is 189 cm³/mol. The second-order valence-corrected chi connectivity index (χ2v) is 15.1. The van der Waals surface area contributed by atoms with Crippen LogP contribution in [0.4, 0.5) is 0 Å². The maximum atomic E-state index is 6.50. The van der Waals surface area contributed by atoms with Crippen molar-refractivity contribution in [1.82, 2.24) is 0 Å². The lowest BCUT2D eigenvalue weighted by Crippen LogP contribution is -2.22. The first-order valence-electron chi connectivity index (χ1n) is 15.0. The van der Waals surface area contributed by atoms with Gasteiger partial charge in [0.15, 0.2) is 0 Å². The fraction of sp³-hybridized carbons (Fsp3) is 0.100. The molecular formula is C40H36O2P2. The summed E-state index contributed by atoms with van der Waals surface area (Å²) < 4.78 is 13.0. The standard InChI is InChI=1S/C40H36O2P2/c1-5-17-33(18-6-1)31-41-37-25-13-15-27-39(37)43(35-21-9-3-10-22-35)29-30-44(36-23-11-4-12-24-36)40-28-16-14-26-38(40)42-32-34-19-7-2-8-20-34/h1-28H,29-32H2/t43-,44-/m1/s1. The molecule has 0 saturated carbocycles. The van der Waals surface area contributed by atoms with Gasteiger partial charge in [-0.1, -0.05) is 158 Å². The Morgan fingerprint density at radius 3 is 1.05 bits per heavy atom. The van der Waals surface area contributed by atoms with Gasteiger partial charge < -0.3 is 9.47 Å². The van der Waals surface area contributed by atoms with Crippen LogP contribution in [0.1, 0.15) is 11.1 Å². The van der Waals surface area contributed by atoms with Crippen LogP contribution in [0.15, 0.2) is 170 Å². The SMILES string of the molecule is c1ccc(COc2ccccc2[P@](CC[P@](c2ccccc2)c2ccccc2OCc2ccccc2)c2ccccc2)cc1. The summed E-state index contributed by atoms with van der Waals surface area (Å²) in [7, 11) is -1.34. The molecule has 6 rings (SSSR count). The van der Waals surface area contributed by atoms with Crippen LogP contribution in [-0.4, -0.2) is 12.3 Å². The van der Waals surface area contributed by atoms with Crippen molar-refractivity contribution < 1.29 is 9.47 Å². The highest BCUT2D eigenvalue weighted by molar-refractivity contribution is 7.76. The molecule has 0 aliphatic heterocycles. The van der Waals surface area contributed by atoms with Crippen LogP contribution in [0.3, 0.4) is 0 Å². The summed E-state index contributed by atoms with van der Waals surface area (Å²) in [5.41, 5.74) is 2.34. The van der Waals surface area contributed by atoms with E-state index in [0.29, 0.717) is 13.2 Å². The zero-order chi connectivity index (χ0) is 29.8. The van der Waals surface area contributed by atoms with Crippen molar-refractivity contribution in [3.05, 3.63) is 181 Å². The van der Waals surface area contributed by atoms with E-state index < -0.39 is 15.8 Å². The number of hydrogen-bond acceptors (Lipinski definition) is 2. The van der Waals surface area contributed by atoms with Crippen molar-refractivity contribution in [2.24, 2.45) is 0 Å². The van der Waals surface area contributed by atoms with Gasteiger partial charge in [-0.05, 0) is 62.0 Å². The van der Waals surface area contributed by atoms with Crippen LogP contribution in [0, 0.1) is 0 Å². The Morgan fingerprint density at radius 2 is 0.659 bits per heavy atom. The Kier molecular flexibility index (Phi) is 10.5. The van der Waals surface area contributed by atoms with E-state index in [-0.39, 0.29) is 0 Å². The number of benzene rings is 6. The van der Waals surface area contributed by atoms with Crippen molar-refractivity contribution in [2.45, 2.75) is 13.2 Å². The largest absolute Gasteiger partial charge is 0.488 e. The zero-order valence-corrected chi connectivity index (χ0v) is 26.5. The summed E-state index contributed by atoms with van der Waals surface area (Å²) in [6.45, 7) is 1.11. The molecule has 4 heteroatoms. The molecule has 0 fully saturated rings. The van der Waals surface area contributed by atoms with Crippen molar-refractivity contribution in [1.29, 1.82) is 0 Å². The van der Waals surface area contributed by atoms with Crippen LogP contribution in [0.25, 0.3) is 0 Å². The number of rotatable bonds is 13. The van der Waals surface area contributed by atoms with Gasteiger partial charge in [0, 0.05) is 10.6 Å². The monoisotopic (exact) mass is 610 g/mol. The molecule has 0 saturated heterocycles. The number of para-hydroxylation sites is 2. The highest BCUT2D eigenvalue weighted by Gasteiger charge is 2.23. The van der Waals surface area contributed by atoms with Crippen LogP contribution < -0.4 is 30.7 Å². The molecule has 6 aromatic rings. The minimum atomic E-state index is -0.669. The van der Waals surface area contributed by atoms with Crippen LogP contribution >= 0.6 is 15.8 Å². The van der Waals surface area contributed by atoms with Gasteiger partial charge in [-0.25, -0.2) is 0 Å². The lowest BCUT2D eigenvalue weighted by Gasteiger charge is -2.26. The Balaban J connectivity index is 1.31. The summed E-state index contributed by atoms with van der Waals surface area (Å²) in [5, 5.41) is 5.33. The molecule has 218 valence electrons. The molecule has 2 atom stereocenters. The number of hydrogen-bond donors (Lipinski definition) is 0. The van der Waals surface area contributed by atoms with Gasteiger partial charge in [0.1, 0.15) is 24.7 Å². The molecule has 0 radical (unpaired) electrons. The summed E-state index contributed by atoms with van der Waals surface area (Å²) >= 11 is 0. The fourth-order valence-electron chi connectivity index (χ4n) is 5.27. The van der Waals surface area contributed by atoms with E-state index in [1.807, 2.05) is 12.1 Å². The van der Waals surface area contributed by atoms with Crippen LogP contribution in [-0.2, 0) is 13.2 Å². The zero-order valence-electron chi connectivity index (χ0n) is 24.7. The average Bonchev–Trinajstić information content (AvgIpc) is 3.10. The van der Waals surface area contributed by atoms with E-state index in [9.17, 15) is 0 Å². The van der Waals surface area contributed by atoms with Crippen LogP contribution in [0.2, 0.25) is 0 Å². The van der Waals surface area contributed by atoms with E-state index in [2.05, 4.69) is 158 Å². The molecule has 0 bridgehead atoms. The Bertz CT molecular complexity index is 1580. The molecule has 0 spiro atoms. The van der Waals surface area contributed by atoms with Gasteiger partial charge in [-0.3, -0.25) is 0 Å². The van der Waals surface area contributed by atoms with Crippen molar-refractivity contribution in [3.8, 4) is 11.5 Å². The van der Waals surface area contributed by atoms with E-state index in [4.69, 9.17) is 9.47 Å². The highest BCUT2D eigenvalue weighted by Crippen LogP contribution is 2.44. The molecule has 0 aromatic heterocycles. The predicted octanol–water partition coefficient (Wildman–Crippen LogP) is 8.41. The first kappa shape index (κ1) is 29.8. The maximum absolute atomic E-state index is 6.50. The summed E-state index contributed by atoms with van der Waals surface area (Å²) in [6.07, 6.45) is 2.08. The molecule has 0 aliphatic carbocycles. The number of ether oxygens (including phenoxy) is 2. The normalized spacial score (nSPS) is 12.3. The van der Waals surface area contributed by atoms with E-state index in [1.54, 1.807) is 0 Å². The van der Waals surface area contributed by atoms with Gasteiger partial charge in [0.25, 0.3) is 0 Å². The third-order valence-electron chi connectivity index (χ3n) is 7.47. The summed E-state index contributed by atoms with van der Waals surface area (Å²) in [6, 6.07) is 60.0. The maximum Gasteiger partial charge on any atom is 0.127 e. The molecule has 0 N–H and O–H groups in total. The first-order chi connectivity index (χ1) is 21.8. The quantitative estimate of drug-likeness (QED) is 0.122. The molecule has 0 unspecified atom stereocenters. The van der Waals surface area contributed by atoms with Gasteiger partial charge >= 0.3 is 0 Å². The Hall–Kier alpha value is -4.22. The first-order valence-corrected chi connectivity index (χ1v) is 18.1. The summed E-state index contributed by atoms with van der Waals surface area (Å²) in [4.78, 5) is 0. The fourth-order valence-corrected chi connectivity index (χ4v) is 10.8. The van der Waals surface area contributed by atoms with Gasteiger partial charge in [-0.15, -0.1) is 0 Å². The minimum absolute atomic E-state index is 0.554. The third-order valence-corrected chi connectivity index (χ3v) is 12.9. The molecule has 6 aromatic carbocycles. The summed E-state index contributed by atoms with van der Waals surface area (Å²) in [5.74, 6) is 1.95. The molecule has 0 heterocycles.